The molecule has 4 aromatic rings. The average Bonchev–Trinajstić information content (AvgIpc) is 3.19. The molecule has 0 aliphatic carbocycles. The summed E-state index contributed by atoms with van der Waals surface area (Å²) in [6.45, 7) is 2.46. The van der Waals surface area contributed by atoms with Crippen LogP contribution in [0.5, 0.6) is 0 Å². The number of carboxylic acid groups (broad SMARTS) is 1. The fourth-order valence-corrected chi connectivity index (χ4v) is 3.83. The molecular weight excluding hydrogens is 362 g/mol. The first kappa shape index (κ1) is 17.1. The summed E-state index contributed by atoms with van der Waals surface area (Å²) in [5.74, 6) is -1.21. The van der Waals surface area contributed by atoms with Crippen LogP contribution in [-0.4, -0.2) is 25.6 Å². The number of carbonyl (C=O) groups is 1. The molecule has 7 heteroatoms. The largest absolute Gasteiger partial charge is 0.477 e. The zero-order valence-corrected chi connectivity index (χ0v) is 15.2. The van der Waals surface area contributed by atoms with Crippen LogP contribution in [0.1, 0.15) is 17.3 Å². The highest BCUT2D eigenvalue weighted by molar-refractivity contribution is 7.13. The van der Waals surface area contributed by atoms with Gasteiger partial charge in [0, 0.05) is 47.0 Å². The maximum Gasteiger partial charge on any atom is 0.341 e. The van der Waals surface area contributed by atoms with Gasteiger partial charge in [-0.1, -0.05) is 6.07 Å². The van der Waals surface area contributed by atoms with E-state index < -0.39 is 11.4 Å². The Morgan fingerprint density at radius 1 is 1.19 bits per heavy atom. The minimum Gasteiger partial charge on any atom is -0.477 e. The quantitative estimate of drug-likeness (QED) is 0.583. The zero-order valence-electron chi connectivity index (χ0n) is 14.4. The molecule has 0 atom stereocenters. The van der Waals surface area contributed by atoms with Crippen molar-refractivity contribution in [2.24, 2.45) is 0 Å². The monoisotopic (exact) mass is 377 g/mol. The third-order valence-electron chi connectivity index (χ3n) is 4.38. The maximum atomic E-state index is 12.5. The number of aromatic nitrogens is 3. The Kier molecular flexibility index (Phi) is 4.29. The zero-order chi connectivity index (χ0) is 19.0. The van der Waals surface area contributed by atoms with Crippen LogP contribution in [0.2, 0.25) is 0 Å². The molecule has 0 amide bonds. The second kappa shape index (κ2) is 6.77. The van der Waals surface area contributed by atoms with E-state index in [1.807, 2.05) is 30.5 Å². The van der Waals surface area contributed by atoms with Gasteiger partial charge in [0.05, 0.1) is 11.2 Å². The maximum absolute atomic E-state index is 12.5. The molecular formula is C20H15N3O3S. The number of aryl methyl sites for hydroxylation is 1. The first-order valence-electron chi connectivity index (χ1n) is 8.35. The number of nitrogens with zero attached hydrogens (tertiary/aromatic N) is 3. The van der Waals surface area contributed by atoms with E-state index in [1.165, 1.54) is 17.5 Å². The number of fused-ring (bicyclic) bond motifs is 1. The Morgan fingerprint density at radius 2 is 1.96 bits per heavy atom. The van der Waals surface area contributed by atoms with E-state index in [4.69, 9.17) is 4.98 Å². The second-order valence-corrected chi connectivity index (χ2v) is 6.83. The van der Waals surface area contributed by atoms with E-state index >= 15 is 0 Å². The first-order valence-corrected chi connectivity index (χ1v) is 9.23. The molecule has 0 aliphatic rings. The van der Waals surface area contributed by atoms with E-state index in [9.17, 15) is 14.7 Å². The average molecular weight is 377 g/mol. The molecule has 0 fully saturated rings. The van der Waals surface area contributed by atoms with Gasteiger partial charge in [-0.25, -0.2) is 9.78 Å². The Labute approximate surface area is 158 Å². The third-order valence-corrected chi connectivity index (χ3v) is 5.27. The molecule has 0 spiro atoms. The Balaban J connectivity index is 1.85. The molecule has 0 unspecified atom stereocenters. The highest BCUT2D eigenvalue weighted by Crippen LogP contribution is 2.30. The van der Waals surface area contributed by atoms with E-state index in [2.05, 4.69) is 4.98 Å². The molecule has 4 rings (SSSR count). The Bertz CT molecular complexity index is 1210. The van der Waals surface area contributed by atoms with E-state index in [-0.39, 0.29) is 5.56 Å². The van der Waals surface area contributed by atoms with E-state index in [0.29, 0.717) is 17.4 Å². The van der Waals surface area contributed by atoms with Gasteiger partial charge >= 0.3 is 5.97 Å². The smallest absolute Gasteiger partial charge is 0.341 e. The normalized spacial score (nSPS) is 11.0. The predicted molar refractivity (Wildman–Crippen MR) is 105 cm³/mol. The van der Waals surface area contributed by atoms with Crippen LogP contribution in [-0.2, 0) is 6.54 Å². The molecule has 134 valence electrons. The topological polar surface area (TPSA) is 85.1 Å². The minimum atomic E-state index is -1.21. The number of rotatable bonds is 4. The lowest BCUT2D eigenvalue weighted by Crippen LogP contribution is -2.18. The van der Waals surface area contributed by atoms with Gasteiger partial charge in [-0.15, -0.1) is 11.3 Å². The third kappa shape index (κ3) is 3.02. The Hall–Kier alpha value is -3.32. The molecule has 0 saturated heterocycles. The van der Waals surface area contributed by atoms with Crippen molar-refractivity contribution in [1.29, 1.82) is 0 Å². The van der Waals surface area contributed by atoms with Crippen molar-refractivity contribution < 1.29 is 9.90 Å². The Morgan fingerprint density at radius 3 is 2.67 bits per heavy atom. The lowest BCUT2D eigenvalue weighted by atomic mass is 10.1. The molecule has 1 N–H and O–H groups in total. The highest BCUT2D eigenvalue weighted by atomic mass is 32.1. The van der Waals surface area contributed by atoms with Gasteiger partial charge in [-0.2, -0.15) is 0 Å². The van der Waals surface area contributed by atoms with Crippen molar-refractivity contribution in [3.63, 3.8) is 0 Å². The molecule has 0 bridgehead atoms. The highest BCUT2D eigenvalue weighted by Gasteiger charge is 2.15. The number of aromatic carboxylic acids is 1. The van der Waals surface area contributed by atoms with Crippen LogP contribution in [0.4, 0.5) is 0 Å². The fraction of sp³-hybridized carbons (Fsp3) is 0.100. The van der Waals surface area contributed by atoms with Crippen molar-refractivity contribution in [2.75, 3.05) is 0 Å². The fourth-order valence-electron chi connectivity index (χ4n) is 3.00. The van der Waals surface area contributed by atoms with Crippen molar-refractivity contribution in [2.45, 2.75) is 13.5 Å². The summed E-state index contributed by atoms with van der Waals surface area (Å²) >= 11 is 1.54. The lowest BCUT2D eigenvalue weighted by molar-refractivity contribution is 0.0695. The number of hydrogen-bond acceptors (Lipinski definition) is 5. The summed E-state index contributed by atoms with van der Waals surface area (Å²) in [6.07, 6.45) is 4.86. The van der Waals surface area contributed by atoms with E-state index in [1.54, 1.807) is 29.1 Å². The molecule has 0 radical (unpaired) electrons. The SMILES string of the molecule is CCn1cc(C(=O)O)c(=O)c2ccc(-c3csc(-c4ccncc4)n3)cc21. The molecule has 27 heavy (non-hydrogen) atoms. The summed E-state index contributed by atoms with van der Waals surface area (Å²) in [5.41, 5.74) is 2.70. The number of thiazole rings is 1. The van der Waals surface area contributed by atoms with Crippen LogP contribution < -0.4 is 5.43 Å². The van der Waals surface area contributed by atoms with E-state index in [0.717, 1.165) is 21.8 Å². The molecule has 3 aromatic heterocycles. The van der Waals surface area contributed by atoms with Crippen molar-refractivity contribution in [1.82, 2.24) is 14.5 Å². The molecule has 3 heterocycles. The van der Waals surface area contributed by atoms with Crippen LogP contribution in [0.25, 0.3) is 32.7 Å². The van der Waals surface area contributed by atoms with Crippen molar-refractivity contribution in [3.05, 3.63) is 70.1 Å². The number of carboxylic acids is 1. The van der Waals surface area contributed by atoms with Gasteiger partial charge in [0.25, 0.3) is 0 Å². The standard InChI is InChI=1S/C20H15N3O3S/c1-2-23-10-15(20(25)26)18(24)14-4-3-13(9-17(14)23)16-11-27-19(22-16)12-5-7-21-8-6-12/h3-11H,2H2,1H3,(H,25,26). The van der Waals surface area contributed by atoms with Gasteiger partial charge < -0.3 is 9.67 Å². The van der Waals surface area contributed by atoms with Crippen LogP contribution in [0.15, 0.2) is 59.1 Å². The van der Waals surface area contributed by atoms with Gasteiger partial charge in [0.2, 0.25) is 5.43 Å². The van der Waals surface area contributed by atoms with Crippen molar-refractivity contribution >= 4 is 28.2 Å². The first-order chi connectivity index (χ1) is 13.1. The van der Waals surface area contributed by atoms with Crippen molar-refractivity contribution in [3.8, 4) is 21.8 Å². The summed E-state index contributed by atoms with van der Waals surface area (Å²) in [4.78, 5) is 32.5. The van der Waals surface area contributed by atoms with Gasteiger partial charge in [-0.3, -0.25) is 9.78 Å². The summed E-state index contributed by atoms with van der Waals surface area (Å²) in [6, 6.07) is 9.19. The molecule has 1 aromatic carbocycles. The second-order valence-electron chi connectivity index (χ2n) is 5.97. The molecule has 0 aliphatic heterocycles. The summed E-state index contributed by atoms with van der Waals surface area (Å²) < 4.78 is 1.78. The summed E-state index contributed by atoms with van der Waals surface area (Å²) in [5, 5.41) is 12.5. The lowest BCUT2D eigenvalue weighted by Gasteiger charge is -2.11. The number of hydrogen-bond donors (Lipinski definition) is 1. The molecule has 6 nitrogen and oxygen atoms in total. The van der Waals surface area contributed by atoms with Crippen LogP contribution in [0, 0.1) is 0 Å². The van der Waals surface area contributed by atoms with Gasteiger partial charge in [0.15, 0.2) is 0 Å². The van der Waals surface area contributed by atoms with Crippen LogP contribution in [0.3, 0.4) is 0 Å². The molecule has 0 saturated carbocycles. The van der Waals surface area contributed by atoms with Gasteiger partial charge in [0.1, 0.15) is 10.6 Å². The minimum absolute atomic E-state index is 0.217. The summed E-state index contributed by atoms with van der Waals surface area (Å²) in [7, 11) is 0. The number of benzene rings is 1. The van der Waals surface area contributed by atoms with Gasteiger partial charge in [-0.05, 0) is 31.2 Å². The predicted octanol–water partition coefficient (Wildman–Crippen LogP) is 3.91. The van der Waals surface area contributed by atoms with Crippen LogP contribution >= 0.6 is 11.3 Å². The number of pyridine rings is 2.